The molecule has 2 heterocycles. The fourth-order valence-corrected chi connectivity index (χ4v) is 3.60. The van der Waals surface area contributed by atoms with Crippen molar-refractivity contribution in [3.05, 3.63) is 47.8 Å². The molecule has 136 valence electrons. The third-order valence-corrected chi connectivity index (χ3v) is 4.80. The molecule has 5 heteroatoms. The zero-order valence-electron chi connectivity index (χ0n) is 15.3. The van der Waals surface area contributed by atoms with Gasteiger partial charge in [0, 0.05) is 29.9 Å². The topological polar surface area (TPSA) is 50.5 Å². The van der Waals surface area contributed by atoms with Crippen LogP contribution in [0.3, 0.4) is 0 Å². The van der Waals surface area contributed by atoms with Crippen LogP contribution < -0.4 is 4.74 Å². The number of aliphatic hydroxyl groups excluding tert-OH is 1. The smallest absolute Gasteiger partial charge is 0.124 e. The van der Waals surface area contributed by atoms with Crippen LogP contribution in [0.2, 0.25) is 0 Å². The number of hydrogen-bond acceptors (Lipinski definition) is 4. The highest BCUT2D eigenvalue weighted by Gasteiger charge is 2.23. The van der Waals surface area contributed by atoms with Crippen LogP contribution in [-0.2, 0) is 13.1 Å². The van der Waals surface area contributed by atoms with E-state index in [0.717, 1.165) is 38.2 Å². The monoisotopic (exact) mass is 343 g/mol. The van der Waals surface area contributed by atoms with Crippen LogP contribution >= 0.6 is 0 Å². The number of likely N-dealkylation sites (tertiary alicyclic amines) is 1. The van der Waals surface area contributed by atoms with E-state index in [4.69, 9.17) is 4.74 Å². The van der Waals surface area contributed by atoms with E-state index >= 15 is 0 Å². The van der Waals surface area contributed by atoms with Crippen LogP contribution in [0.15, 0.2) is 36.5 Å². The molecule has 0 bridgehead atoms. The second-order valence-electron chi connectivity index (χ2n) is 7.03. The lowest BCUT2D eigenvalue weighted by Crippen LogP contribution is -2.33. The van der Waals surface area contributed by atoms with Gasteiger partial charge in [0.15, 0.2) is 0 Å². The molecule has 1 aliphatic heterocycles. The number of ether oxygens (including phenoxy) is 1. The van der Waals surface area contributed by atoms with Crippen LogP contribution in [0.1, 0.15) is 43.9 Å². The Balaban J connectivity index is 1.59. The van der Waals surface area contributed by atoms with Crippen molar-refractivity contribution in [3.63, 3.8) is 0 Å². The Morgan fingerprint density at radius 2 is 1.96 bits per heavy atom. The molecule has 0 aliphatic carbocycles. The average Bonchev–Trinajstić information content (AvgIpc) is 3.06. The molecule has 3 rings (SSSR count). The number of piperidine rings is 1. The third-order valence-electron chi connectivity index (χ3n) is 4.80. The first kappa shape index (κ1) is 18.0. The minimum atomic E-state index is 0.139. The first-order valence-corrected chi connectivity index (χ1v) is 9.27. The molecular weight excluding hydrogens is 314 g/mol. The molecule has 25 heavy (non-hydrogen) atoms. The van der Waals surface area contributed by atoms with E-state index < -0.39 is 0 Å². The molecule has 0 amide bonds. The predicted molar refractivity (Wildman–Crippen MR) is 98.8 cm³/mol. The highest BCUT2D eigenvalue weighted by molar-refractivity contribution is 5.33. The van der Waals surface area contributed by atoms with Crippen molar-refractivity contribution < 1.29 is 9.84 Å². The zero-order chi connectivity index (χ0) is 17.6. The van der Waals surface area contributed by atoms with Gasteiger partial charge in [-0.2, -0.15) is 5.10 Å². The molecule has 0 unspecified atom stereocenters. The lowest BCUT2D eigenvalue weighted by molar-refractivity contribution is 0.191. The molecule has 0 saturated carbocycles. The standard InChI is InChI=1S/C20H29N3O2/c1-16(2)25-20-6-4-3-5-18(20)15-22-11-8-17(9-12-22)19-7-10-21-23(19)13-14-24/h3-7,10,16-17,24H,8-9,11-15H2,1-2H3. The summed E-state index contributed by atoms with van der Waals surface area (Å²) < 4.78 is 7.90. The summed E-state index contributed by atoms with van der Waals surface area (Å²) in [6, 6.07) is 10.5. The summed E-state index contributed by atoms with van der Waals surface area (Å²) in [5.74, 6) is 1.54. The quantitative estimate of drug-likeness (QED) is 0.839. The van der Waals surface area contributed by atoms with Gasteiger partial charge in [0.2, 0.25) is 0 Å². The third kappa shape index (κ3) is 4.61. The number of rotatable bonds is 7. The van der Waals surface area contributed by atoms with Crippen molar-refractivity contribution in [2.45, 2.75) is 51.8 Å². The van der Waals surface area contributed by atoms with Gasteiger partial charge in [0.1, 0.15) is 5.75 Å². The normalized spacial score (nSPS) is 16.5. The number of aromatic nitrogens is 2. The number of hydrogen-bond donors (Lipinski definition) is 1. The van der Waals surface area contributed by atoms with Crippen molar-refractivity contribution in [1.29, 1.82) is 0 Å². The maximum Gasteiger partial charge on any atom is 0.124 e. The number of nitrogens with zero attached hydrogens (tertiary/aromatic N) is 3. The second kappa shape index (κ2) is 8.50. The fourth-order valence-electron chi connectivity index (χ4n) is 3.60. The Morgan fingerprint density at radius 1 is 1.20 bits per heavy atom. The summed E-state index contributed by atoms with van der Waals surface area (Å²) in [7, 11) is 0. The summed E-state index contributed by atoms with van der Waals surface area (Å²) in [4.78, 5) is 2.51. The Labute approximate surface area is 150 Å². The maximum atomic E-state index is 9.17. The van der Waals surface area contributed by atoms with Crippen molar-refractivity contribution in [1.82, 2.24) is 14.7 Å². The number of aliphatic hydroxyl groups is 1. The lowest BCUT2D eigenvalue weighted by atomic mass is 9.93. The van der Waals surface area contributed by atoms with Crippen LogP contribution in [0, 0.1) is 0 Å². The Kier molecular flexibility index (Phi) is 6.10. The summed E-state index contributed by atoms with van der Waals surface area (Å²) in [6.45, 7) is 7.94. The highest BCUT2D eigenvalue weighted by Crippen LogP contribution is 2.30. The van der Waals surface area contributed by atoms with Crippen molar-refractivity contribution in [2.75, 3.05) is 19.7 Å². The van der Waals surface area contributed by atoms with Gasteiger partial charge in [0.05, 0.1) is 19.3 Å². The molecule has 1 aromatic carbocycles. The van der Waals surface area contributed by atoms with Crippen molar-refractivity contribution in [3.8, 4) is 5.75 Å². The van der Waals surface area contributed by atoms with Crippen LogP contribution in [0.5, 0.6) is 5.75 Å². The molecule has 1 N–H and O–H groups in total. The number of benzene rings is 1. The molecule has 5 nitrogen and oxygen atoms in total. The fraction of sp³-hybridized carbons (Fsp3) is 0.550. The minimum Gasteiger partial charge on any atom is -0.491 e. The highest BCUT2D eigenvalue weighted by atomic mass is 16.5. The van der Waals surface area contributed by atoms with Gasteiger partial charge >= 0.3 is 0 Å². The van der Waals surface area contributed by atoms with Gasteiger partial charge in [-0.3, -0.25) is 9.58 Å². The molecule has 0 radical (unpaired) electrons. The molecule has 1 saturated heterocycles. The first-order valence-electron chi connectivity index (χ1n) is 9.27. The summed E-state index contributed by atoms with van der Waals surface area (Å²) in [6.07, 6.45) is 4.30. The van der Waals surface area contributed by atoms with E-state index in [1.54, 1.807) is 0 Å². The zero-order valence-corrected chi connectivity index (χ0v) is 15.3. The van der Waals surface area contributed by atoms with Crippen molar-refractivity contribution in [2.24, 2.45) is 0 Å². The van der Waals surface area contributed by atoms with Crippen LogP contribution in [-0.4, -0.2) is 45.6 Å². The molecule has 1 fully saturated rings. The van der Waals surface area contributed by atoms with E-state index in [1.165, 1.54) is 11.3 Å². The van der Waals surface area contributed by atoms with E-state index in [1.807, 2.05) is 16.9 Å². The van der Waals surface area contributed by atoms with E-state index in [0.29, 0.717) is 12.5 Å². The van der Waals surface area contributed by atoms with E-state index in [-0.39, 0.29) is 12.7 Å². The second-order valence-corrected chi connectivity index (χ2v) is 7.03. The molecular formula is C20H29N3O2. The summed E-state index contributed by atoms with van der Waals surface area (Å²) in [5, 5.41) is 13.5. The van der Waals surface area contributed by atoms with Gasteiger partial charge in [-0.25, -0.2) is 0 Å². The summed E-state index contributed by atoms with van der Waals surface area (Å²) in [5.41, 5.74) is 2.53. The van der Waals surface area contributed by atoms with Gasteiger partial charge in [-0.05, 0) is 51.9 Å². The number of para-hydroxylation sites is 1. The Hall–Kier alpha value is -1.85. The predicted octanol–water partition coefficient (Wildman–Crippen LogP) is 3.04. The SMILES string of the molecule is CC(C)Oc1ccccc1CN1CCC(c2ccnn2CCO)CC1. The molecule has 0 spiro atoms. The van der Waals surface area contributed by atoms with Crippen LogP contribution in [0.25, 0.3) is 0 Å². The summed E-state index contributed by atoms with van der Waals surface area (Å²) >= 11 is 0. The lowest BCUT2D eigenvalue weighted by Gasteiger charge is -2.32. The van der Waals surface area contributed by atoms with Gasteiger partial charge in [-0.15, -0.1) is 0 Å². The maximum absolute atomic E-state index is 9.17. The van der Waals surface area contributed by atoms with E-state index in [2.05, 4.69) is 48.1 Å². The van der Waals surface area contributed by atoms with Gasteiger partial charge in [-0.1, -0.05) is 18.2 Å². The largest absolute Gasteiger partial charge is 0.491 e. The average molecular weight is 343 g/mol. The van der Waals surface area contributed by atoms with E-state index in [9.17, 15) is 5.11 Å². The Morgan fingerprint density at radius 3 is 2.68 bits per heavy atom. The molecule has 1 aromatic heterocycles. The Bertz CT molecular complexity index is 660. The van der Waals surface area contributed by atoms with Gasteiger partial charge in [0.25, 0.3) is 0 Å². The van der Waals surface area contributed by atoms with Gasteiger partial charge < -0.3 is 9.84 Å². The minimum absolute atomic E-state index is 0.139. The molecule has 1 aliphatic rings. The first-order chi connectivity index (χ1) is 12.2. The molecule has 0 atom stereocenters. The van der Waals surface area contributed by atoms with Crippen LogP contribution in [0.4, 0.5) is 0 Å². The van der Waals surface area contributed by atoms with Crippen molar-refractivity contribution >= 4 is 0 Å². The molecule has 2 aromatic rings.